The van der Waals surface area contributed by atoms with Crippen LogP contribution in [0.25, 0.3) is 103 Å². The molecule has 0 aliphatic rings. The Morgan fingerprint density at radius 3 is 1.74 bits per heavy atom. The van der Waals surface area contributed by atoms with Crippen LogP contribution >= 0.6 is 11.3 Å². The van der Waals surface area contributed by atoms with E-state index in [2.05, 4.69) is 163 Å². The van der Waals surface area contributed by atoms with Gasteiger partial charge < -0.3 is 0 Å². The van der Waals surface area contributed by atoms with Crippen LogP contribution in [-0.4, -0.2) is 48.8 Å². The fourth-order valence-electron chi connectivity index (χ4n) is 9.31. The van der Waals surface area contributed by atoms with E-state index in [9.17, 15) is 0 Å². The molecule has 0 bridgehead atoms. The minimum absolute atomic E-state index is 0.196. The fraction of sp³-hybridized carbons (Fsp3) is 0.0377. The summed E-state index contributed by atoms with van der Waals surface area (Å²) >= 11 is 1.81. The third-order valence-corrected chi connectivity index (χ3v) is 13.4. The summed E-state index contributed by atoms with van der Waals surface area (Å²) in [4.78, 5) is 4.89. The predicted molar refractivity (Wildman–Crippen MR) is 267 cm³/mol. The van der Waals surface area contributed by atoms with E-state index in [1.165, 1.54) is 20.2 Å². The van der Waals surface area contributed by atoms with Crippen molar-refractivity contribution in [1.82, 2.24) is 9.55 Å². The Morgan fingerprint density at radius 2 is 1.02 bits per heavy atom. The lowest BCUT2D eigenvalue weighted by molar-refractivity contribution is 0.908. The van der Waals surface area contributed by atoms with E-state index < -0.39 is 0 Å². The molecule has 9 aromatic carbocycles. The van der Waals surface area contributed by atoms with Crippen LogP contribution in [0.3, 0.4) is 0 Å². The monoisotopic (exact) mass is 782 g/mol. The maximum atomic E-state index is 6.70. The number of fused-ring (bicyclic) bond motifs is 6. The quantitative estimate of drug-likeness (QED) is 0.122. The number of aromatic nitrogens is 2. The molecule has 8 heteroatoms. The van der Waals surface area contributed by atoms with Crippen molar-refractivity contribution in [2.75, 3.05) is 0 Å². The van der Waals surface area contributed by atoms with Gasteiger partial charge in [0.2, 0.25) is 0 Å². The van der Waals surface area contributed by atoms with Crippen molar-refractivity contribution >= 4 is 131 Å². The summed E-state index contributed by atoms with van der Waals surface area (Å²) in [6, 6.07) is 56.4. The third-order valence-electron chi connectivity index (χ3n) is 12.3. The maximum absolute atomic E-state index is 6.70. The van der Waals surface area contributed by atoms with Crippen molar-refractivity contribution in [3.05, 3.63) is 164 Å². The number of rotatable bonds is 6. The van der Waals surface area contributed by atoms with Gasteiger partial charge in [0.25, 0.3) is 0 Å². The molecule has 2 nitrogen and oxygen atoms in total. The molecule has 0 saturated carbocycles. The van der Waals surface area contributed by atoms with Gasteiger partial charge >= 0.3 is 0 Å². The second kappa shape index (κ2) is 14.6. The van der Waals surface area contributed by atoms with Crippen LogP contribution < -0.4 is 27.3 Å². The first kappa shape index (κ1) is 37.5. The van der Waals surface area contributed by atoms with Gasteiger partial charge in [-0.2, -0.15) is 0 Å². The number of hydrogen-bond acceptors (Lipinski definition) is 2. The van der Waals surface area contributed by atoms with Crippen LogP contribution in [0.15, 0.2) is 158 Å². The highest BCUT2D eigenvalue weighted by Crippen LogP contribution is 2.48. The molecular formula is C53H31B5N2S. The average molecular weight is 782 g/mol. The van der Waals surface area contributed by atoms with Gasteiger partial charge in [-0.05, 0) is 109 Å². The Balaban J connectivity index is 1.12. The van der Waals surface area contributed by atoms with Crippen LogP contribution in [0.1, 0.15) is 12.7 Å². The number of hydrogen-bond donors (Lipinski definition) is 0. The molecule has 274 valence electrons. The Hall–Kier alpha value is -6.49. The van der Waals surface area contributed by atoms with Gasteiger partial charge in [-0.15, -0.1) is 27.7 Å². The predicted octanol–water partition coefficient (Wildman–Crippen LogP) is 8.90. The summed E-state index contributed by atoms with van der Waals surface area (Å²) in [7, 11) is 32.5. The largest absolute Gasteiger partial charge is 0.296 e. The Morgan fingerprint density at radius 1 is 0.459 bits per heavy atom. The second-order valence-electron chi connectivity index (χ2n) is 15.6. The van der Waals surface area contributed by atoms with E-state index >= 15 is 0 Å². The number of thiophene rings is 1. The van der Waals surface area contributed by atoms with Crippen LogP contribution in [0.2, 0.25) is 0 Å². The number of aryl methyl sites for hydroxylation is 1. The van der Waals surface area contributed by atoms with Gasteiger partial charge in [0.15, 0.2) is 0 Å². The number of para-hydroxylation sites is 2. The molecule has 0 amide bonds. The molecule has 11 aromatic rings. The summed E-state index contributed by atoms with van der Waals surface area (Å²) in [5, 5.41) is 6.91. The Labute approximate surface area is 365 Å². The molecule has 2 heterocycles. The number of imidazole rings is 1. The summed E-state index contributed by atoms with van der Waals surface area (Å²) in [5.41, 5.74) is 12.7. The summed E-state index contributed by atoms with van der Waals surface area (Å²) < 4.78 is 4.74. The maximum Gasteiger partial charge on any atom is 0.114 e. The van der Waals surface area contributed by atoms with E-state index in [0.717, 1.165) is 89.5 Å². The number of benzene rings is 9. The lowest BCUT2D eigenvalue weighted by Gasteiger charge is -2.23. The molecule has 0 N–H and O–H groups in total. The van der Waals surface area contributed by atoms with E-state index in [0.29, 0.717) is 16.5 Å². The molecule has 0 aliphatic carbocycles. The van der Waals surface area contributed by atoms with E-state index in [-0.39, 0.29) is 16.4 Å². The smallest absolute Gasteiger partial charge is 0.114 e. The summed E-state index contributed by atoms with van der Waals surface area (Å²) in [6.45, 7) is 2.15. The van der Waals surface area contributed by atoms with Crippen LogP contribution in [0.5, 0.6) is 0 Å². The van der Waals surface area contributed by atoms with Gasteiger partial charge in [-0.1, -0.05) is 133 Å². The molecule has 61 heavy (non-hydrogen) atoms. The zero-order valence-corrected chi connectivity index (χ0v) is 34.2. The summed E-state index contributed by atoms with van der Waals surface area (Å²) in [5.74, 6) is 1.05. The summed E-state index contributed by atoms with van der Waals surface area (Å²) in [6.07, 6.45) is 0.844. The van der Waals surface area contributed by atoms with Gasteiger partial charge in [0.1, 0.15) is 45.1 Å². The molecule has 2 aromatic heterocycles. The van der Waals surface area contributed by atoms with Crippen molar-refractivity contribution in [2.24, 2.45) is 0 Å². The molecule has 0 spiro atoms. The fourth-order valence-corrected chi connectivity index (χ4v) is 10.4. The first-order valence-corrected chi connectivity index (χ1v) is 21.2. The Kier molecular flexibility index (Phi) is 8.98. The number of nitrogens with zero attached hydrogens (tertiary/aromatic N) is 2. The van der Waals surface area contributed by atoms with Crippen molar-refractivity contribution in [1.29, 1.82) is 0 Å². The van der Waals surface area contributed by atoms with Gasteiger partial charge in [0.05, 0.1) is 11.0 Å². The molecule has 0 atom stereocenters. The highest BCUT2D eigenvalue weighted by atomic mass is 32.1. The normalized spacial score (nSPS) is 11.8. The van der Waals surface area contributed by atoms with Gasteiger partial charge in [-0.3, -0.25) is 4.57 Å². The van der Waals surface area contributed by atoms with Crippen LogP contribution in [0.4, 0.5) is 0 Å². The van der Waals surface area contributed by atoms with Crippen LogP contribution in [-0.2, 0) is 6.42 Å². The van der Waals surface area contributed by atoms with Crippen LogP contribution in [0, 0.1) is 0 Å². The molecular weight excluding hydrogens is 751 g/mol. The van der Waals surface area contributed by atoms with Crippen molar-refractivity contribution in [3.63, 3.8) is 0 Å². The lowest BCUT2D eigenvalue weighted by atomic mass is 9.59. The molecule has 0 saturated heterocycles. The molecule has 10 radical (unpaired) electrons. The van der Waals surface area contributed by atoms with E-state index in [4.69, 9.17) is 44.2 Å². The van der Waals surface area contributed by atoms with Crippen molar-refractivity contribution < 1.29 is 0 Å². The average Bonchev–Trinajstić information content (AvgIpc) is 3.88. The van der Waals surface area contributed by atoms with Gasteiger partial charge in [-0.25, -0.2) is 4.98 Å². The second-order valence-corrected chi connectivity index (χ2v) is 16.7. The minimum atomic E-state index is 0.196. The first-order chi connectivity index (χ1) is 29.8. The molecule has 0 unspecified atom stereocenters. The van der Waals surface area contributed by atoms with Crippen molar-refractivity contribution in [3.8, 4) is 50.2 Å². The van der Waals surface area contributed by atoms with Crippen molar-refractivity contribution in [2.45, 2.75) is 13.3 Å². The standard InChI is InChI=1S/C53H31B5N2S/c1-2-44-59-40-14-6-7-15-41(40)60(44)33-25-22-30(23-26-33)29-18-20-31(21-19-29)45-34-10-3-4-11-35(34)47(38-13-9-17-43-48(38)37-12-5-8-16-42(37)61-43)39-28-32(24-27-36(39)45)46-49(54)51(56)53(58)52(57)50(46)55/h3-28H,2H2,1H3. The van der Waals surface area contributed by atoms with E-state index in [1.807, 2.05) is 17.4 Å². The zero-order chi connectivity index (χ0) is 41.5. The zero-order valence-electron chi connectivity index (χ0n) is 33.4. The highest BCUT2D eigenvalue weighted by molar-refractivity contribution is 7.26. The molecule has 11 rings (SSSR count). The third kappa shape index (κ3) is 5.87. The lowest BCUT2D eigenvalue weighted by Crippen LogP contribution is -2.55. The SMILES string of the molecule is [B]c1c([B])c([B])c(-c2ccc3c(-c4ccc(-c5ccc(-n6c(CC)nc7ccccc76)cc5)cc4)c4ccccc4c(-c4cccc5sc6ccccc6c45)c3c2)c([B])c1[B]. The molecule has 0 fully saturated rings. The first-order valence-electron chi connectivity index (χ1n) is 20.4. The Bertz CT molecular complexity index is 3540. The topological polar surface area (TPSA) is 17.8 Å². The van der Waals surface area contributed by atoms with Gasteiger partial charge in [0, 0.05) is 32.3 Å². The minimum Gasteiger partial charge on any atom is -0.296 e. The molecule has 0 aliphatic heterocycles. The van der Waals surface area contributed by atoms with E-state index in [1.54, 1.807) is 0 Å². The highest BCUT2D eigenvalue weighted by Gasteiger charge is 2.22.